The molecule has 1 saturated heterocycles. The van der Waals surface area contributed by atoms with Crippen LogP contribution in [0.2, 0.25) is 0 Å². The summed E-state index contributed by atoms with van der Waals surface area (Å²) in [5.74, 6) is 0. The van der Waals surface area contributed by atoms with Crippen molar-refractivity contribution in [1.29, 1.82) is 0 Å². The third-order valence-corrected chi connectivity index (χ3v) is 3.79. The number of cyclic esters (lactones) is 1. The van der Waals surface area contributed by atoms with Gasteiger partial charge < -0.3 is 9.30 Å². The molecule has 1 fully saturated rings. The molecule has 1 unspecified atom stereocenters. The number of aromatic nitrogens is 1. The normalized spacial score (nSPS) is 17.9. The van der Waals surface area contributed by atoms with Gasteiger partial charge in [-0.1, -0.05) is 5.11 Å². The molecule has 7 nitrogen and oxygen atoms in total. The molecule has 22 heavy (non-hydrogen) atoms. The summed E-state index contributed by atoms with van der Waals surface area (Å²) < 4.78 is 7.39. The third kappa shape index (κ3) is 2.46. The molecule has 0 spiro atoms. The summed E-state index contributed by atoms with van der Waals surface area (Å²) in [5.41, 5.74) is 10.3. The Morgan fingerprint density at radius 2 is 2.27 bits per heavy atom. The average Bonchev–Trinajstić information content (AvgIpc) is 3.07. The fraction of sp³-hybridized carbons (Fsp3) is 0.400. The molecular weight excluding hydrogens is 282 g/mol. The number of ether oxygens (including phenoxy) is 1. The highest BCUT2D eigenvalue weighted by molar-refractivity contribution is 5.93. The van der Waals surface area contributed by atoms with E-state index in [0.717, 1.165) is 16.6 Å². The van der Waals surface area contributed by atoms with Crippen LogP contribution in [0.3, 0.4) is 0 Å². The molecule has 114 valence electrons. The van der Waals surface area contributed by atoms with Gasteiger partial charge in [0, 0.05) is 33.7 Å². The van der Waals surface area contributed by atoms with Crippen LogP contribution in [0.5, 0.6) is 0 Å². The lowest BCUT2D eigenvalue weighted by molar-refractivity contribution is 0.145. The lowest BCUT2D eigenvalue weighted by Crippen LogP contribution is -2.25. The zero-order valence-electron chi connectivity index (χ0n) is 12.5. The van der Waals surface area contributed by atoms with Gasteiger partial charge in [0.1, 0.15) is 6.10 Å². The van der Waals surface area contributed by atoms with E-state index in [4.69, 9.17) is 10.3 Å². The number of amides is 1. The van der Waals surface area contributed by atoms with E-state index in [1.165, 1.54) is 0 Å². The Hall–Kier alpha value is -2.66. The summed E-state index contributed by atoms with van der Waals surface area (Å²) in [7, 11) is 0. The molecule has 0 N–H and O–H groups in total. The lowest BCUT2D eigenvalue weighted by Gasteiger charge is -2.14. The van der Waals surface area contributed by atoms with Crippen LogP contribution in [0.4, 0.5) is 10.5 Å². The predicted molar refractivity (Wildman–Crippen MR) is 84.0 cm³/mol. The first-order valence-electron chi connectivity index (χ1n) is 7.19. The summed E-state index contributed by atoms with van der Waals surface area (Å²) in [5, 5.41) is 4.54. The molecule has 1 atom stereocenters. The van der Waals surface area contributed by atoms with Gasteiger partial charge in [-0.3, -0.25) is 4.90 Å². The molecule has 1 aromatic carbocycles. The predicted octanol–water partition coefficient (Wildman–Crippen LogP) is 3.86. The Morgan fingerprint density at radius 3 is 3.00 bits per heavy atom. The van der Waals surface area contributed by atoms with Crippen molar-refractivity contribution in [2.24, 2.45) is 5.11 Å². The molecule has 0 aliphatic carbocycles. The monoisotopic (exact) mass is 299 g/mol. The van der Waals surface area contributed by atoms with Crippen LogP contribution in [0, 0.1) is 0 Å². The van der Waals surface area contributed by atoms with E-state index in [1.54, 1.807) is 4.90 Å². The molecule has 2 heterocycles. The zero-order chi connectivity index (χ0) is 15.7. The maximum Gasteiger partial charge on any atom is 0.414 e. The number of fused-ring (bicyclic) bond motifs is 1. The van der Waals surface area contributed by atoms with Gasteiger partial charge in [-0.05, 0) is 43.6 Å². The minimum absolute atomic E-state index is 0.157. The smallest absolute Gasteiger partial charge is 0.414 e. The third-order valence-electron chi connectivity index (χ3n) is 3.79. The quantitative estimate of drug-likeness (QED) is 0.488. The molecule has 1 aliphatic rings. The van der Waals surface area contributed by atoms with Gasteiger partial charge in [0.25, 0.3) is 0 Å². The first kappa shape index (κ1) is 14.3. The van der Waals surface area contributed by atoms with E-state index < -0.39 is 6.09 Å². The SMILES string of the molecule is CC(C)n1ccc2cc(N3CC(CN=[N+]=[N-])OC3=O)ccc21. The van der Waals surface area contributed by atoms with Crippen molar-refractivity contribution in [3.05, 3.63) is 40.9 Å². The first-order chi connectivity index (χ1) is 10.6. The van der Waals surface area contributed by atoms with E-state index in [9.17, 15) is 4.79 Å². The molecule has 0 radical (unpaired) electrons. The fourth-order valence-corrected chi connectivity index (χ4v) is 2.72. The van der Waals surface area contributed by atoms with Crippen molar-refractivity contribution in [2.45, 2.75) is 26.0 Å². The molecule has 1 aromatic heterocycles. The van der Waals surface area contributed by atoms with Gasteiger partial charge in [0.2, 0.25) is 0 Å². The van der Waals surface area contributed by atoms with Crippen LogP contribution in [0.25, 0.3) is 21.3 Å². The zero-order valence-corrected chi connectivity index (χ0v) is 12.5. The molecule has 7 heteroatoms. The molecule has 3 rings (SSSR count). The Bertz CT molecular complexity index is 760. The minimum Gasteiger partial charge on any atom is -0.444 e. The molecule has 1 aliphatic heterocycles. The fourth-order valence-electron chi connectivity index (χ4n) is 2.72. The van der Waals surface area contributed by atoms with E-state index in [-0.39, 0.29) is 12.6 Å². The van der Waals surface area contributed by atoms with Gasteiger partial charge in [-0.25, -0.2) is 4.79 Å². The van der Waals surface area contributed by atoms with Gasteiger partial charge in [0.05, 0.1) is 13.1 Å². The number of carbonyl (C=O) groups is 1. The standard InChI is InChI=1S/C15H17N5O2/c1-10(2)19-6-5-11-7-12(3-4-14(11)19)20-9-13(8-17-18-16)22-15(20)21/h3-7,10,13H,8-9H2,1-2H3. The van der Waals surface area contributed by atoms with Crippen molar-refractivity contribution in [3.63, 3.8) is 0 Å². The summed E-state index contributed by atoms with van der Waals surface area (Å²) >= 11 is 0. The van der Waals surface area contributed by atoms with E-state index in [1.807, 2.05) is 30.5 Å². The summed E-state index contributed by atoms with van der Waals surface area (Å²) in [6.07, 6.45) is 1.26. The van der Waals surface area contributed by atoms with Crippen molar-refractivity contribution in [3.8, 4) is 0 Å². The summed E-state index contributed by atoms with van der Waals surface area (Å²) in [6.45, 7) is 4.82. The lowest BCUT2D eigenvalue weighted by atomic mass is 10.2. The number of anilines is 1. The molecule has 0 bridgehead atoms. The highest BCUT2D eigenvalue weighted by atomic mass is 16.6. The largest absolute Gasteiger partial charge is 0.444 e. The number of rotatable bonds is 4. The second-order valence-corrected chi connectivity index (χ2v) is 5.59. The molecule has 2 aromatic rings. The highest BCUT2D eigenvalue weighted by Gasteiger charge is 2.31. The van der Waals surface area contributed by atoms with E-state index in [2.05, 4.69) is 28.4 Å². The highest BCUT2D eigenvalue weighted by Crippen LogP contribution is 2.28. The van der Waals surface area contributed by atoms with Crippen LogP contribution in [-0.4, -0.2) is 29.9 Å². The maximum absolute atomic E-state index is 12.0. The average molecular weight is 299 g/mol. The van der Waals surface area contributed by atoms with Crippen LogP contribution >= 0.6 is 0 Å². The number of hydrogen-bond acceptors (Lipinski definition) is 3. The Labute approximate surface area is 127 Å². The topological polar surface area (TPSA) is 83.2 Å². The van der Waals surface area contributed by atoms with Gasteiger partial charge in [-0.2, -0.15) is 0 Å². The number of nitrogens with zero attached hydrogens (tertiary/aromatic N) is 5. The van der Waals surface area contributed by atoms with Gasteiger partial charge in [-0.15, -0.1) is 0 Å². The summed E-state index contributed by atoms with van der Waals surface area (Å²) in [6, 6.07) is 8.33. The number of hydrogen-bond donors (Lipinski definition) is 0. The van der Waals surface area contributed by atoms with Crippen molar-refractivity contribution < 1.29 is 9.53 Å². The van der Waals surface area contributed by atoms with Crippen LogP contribution < -0.4 is 4.90 Å². The number of carbonyl (C=O) groups excluding carboxylic acids is 1. The first-order valence-corrected chi connectivity index (χ1v) is 7.19. The Morgan fingerprint density at radius 1 is 1.45 bits per heavy atom. The second kappa shape index (κ2) is 5.61. The van der Waals surface area contributed by atoms with Crippen molar-refractivity contribution in [2.75, 3.05) is 18.0 Å². The van der Waals surface area contributed by atoms with Crippen LogP contribution in [0.15, 0.2) is 35.6 Å². The Balaban J connectivity index is 1.87. The van der Waals surface area contributed by atoms with Gasteiger partial charge >= 0.3 is 6.09 Å². The number of benzene rings is 1. The molecular formula is C15H17N5O2. The minimum atomic E-state index is -0.402. The molecule has 0 saturated carbocycles. The van der Waals surface area contributed by atoms with Gasteiger partial charge in [0.15, 0.2) is 0 Å². The second-order valence-electron chi connectivity index (χ2n) is 5.59. The van der Waals surface area contributed by atoms with Crippen molar-refractivity contribution >= 4 is 22.7 Å². The van der Waals surface area contributed by atoms with E-state index in [0.29, 0.717) is 12.6 Å². The number of azide groups is 1. The summed E-state index contributed by atoms with van der Waals surface area (Å²) in [4.78, 5) is 16.2. The Kier molecular flexibility index (Phi) is 3.65. The maximum atomic E-state index is 12.0. The van der Waals surface area contributed by atoms with Crippen molar-refractivity contribution in [1.82, 2.24) is 4.57 Å². The van der Waals surface area contributed by atoms with E-state index >= 15 is 0 Å². The van der Waals surface area contributed by atoms with Crippen LogP contribution in [-0.2, 0) is 4.74 Å². The molecule has 1 amide bonds. The van der Waals surface area contributed by atoms with Crippen LogP contribution in [0.1, 0.15) is 19.9 Å².